The van der Waals surface area contributed by atoms with Crippen molar-refractivity contribution in [3.63, 3.8) is 0 Å². The van der Waals surface area contributed by atoms with Gasteiger partial charge in [-0.05, 0) is 41.3 Å². The Hall–Kier alpha value is -2.36. The Balaban J connectivity index is 1.44. The number of hydrogen-bond donors (Lipinski definition) is 0. The summed E-state index contributed by atoms with van der Waals surface area (Å²) >= 11 is 0. The molecule has 2 heterocycles. The molecule has 0 bridgehead atoms. The lowest BCUT2D eigenvalue weighted by Gasteiger charge is -2.33. The van der Waals surface area contributed by atoms with Crippen molar-refractivity contribution < 1.29 is 21.6 Å². The number of piperazine rings is 1. The molecule has 0 saturated carbocycles. The fourth-order valence-corrected chi connectivity index (χ4v) is 5.14. The van der Waals surface area contributed by atoms with Gasteiger partial charge in [-0.2, -0.15) is 4.31 Å². The third-order valence-electron chi connectivity index (χ3n) is 5.50. The van der Waals surface area contributed by atoms with E-state index < -0.39 is 26.6 Å². The van der Waals surface area contributed by atoms with E-state index in [1.54, 1.807) is 0 Å². The number of rotatable bonds is 4. The van der Waals surface area contributed by atoms with Crippen LogP contribution in [-0.2, 0) is 22.0 Å². The molecule has 1 aliphatic heterocycles. The van der Waals surface area contributed by atoms with Gasteiger partial charge in [0.15, 0.2) is 5.58 Å². The van der Waals surface area contributed by atoms with Crippen molar-refractivity contribution in [2.45, 2.75) is 37.6 Å². The molecule has 0 radical (unpaired) electrons. The van der Waals surface area contributed by atoms with Crippen molar-refractivity contribution in [3.05, 3.63) is 59.5 Å². The quantitative estimate of drug-likeness (QED) is 0.604. The summed E-state index contributed by atoms with van der Waals surface area (Å²) in [6, 6.07) is 8.44. The van der Waals surface area contributed by atoms with Gasteiger partial charge in [-0.25, -0.2) is 22.2 Å². The van der Waals surface area contributed by atoms with Crippen molar-refractivity contribution >= 4 is 21.1 Å². The van der Waals surface area contributed by atoms with Crippen LogP contribution in [0.15, 0.2) is 45.7 Å². The van der Waals surface area contributed by atoms with E-state index in [9.17, 15) is 17.2 Å². The largest absolute Gasteiger partial charge is 0.439 e. The molecule has 0 aliphatic carbocycles. The zero-order valence-corrected chi connectivity index (χ0v) is 18.5. The third kappa shape index (κ3) is 4.49. The monoisotopic (exact) mass is 449 g/mol. The highest BCUT2D eigenvalue weighted by atomic mass is 32.2. The van der Waals surface area contributed by atoms with Gasteiger partial charge >= 0.3 is 0 Å². The second-order valence-corrected chi connectivity index (χ2v) is 10.7. The fourth-order valence-electron chi connectivity index (χ4n) is 3.64. The van der Waals surface area contributed by atoms with Crippen LogP contribution in [0.2, 0.25) is 0 Å². The maximum atomic E-state index is 14.0. The molecular weight excluding hydrogens is 424 g/mol. The molecule has 4 rings (SSSR count). The number of oxazole rings is 1. The van der Waals surface area contributed by atoms with Crippen LogP contribution in [0.1, 0.15) is 32.2 Å². The van der Waals surface area contributed by atoms with Crippen LogP contribution >= 0.6 is 0 Å². The number of halogens is 2. The summed E-state index contributed by atoms with van der Waals surface area (Å²) in [6.45, 7) is 8.07. The molecule has 2 aromatic carbocycles. The van der Waals surface area contributed by atoms with Gasteiger partial charge in [0, 0.05) is 26.2 Å². The van der Waals surface area contributed by atoms with Gasteiger partial charge in [-0.15, -0.1) is 0 Å². The molecule has 1 fully saturated rings. The van der Waals surface area contributed by atoms with Gasteiger partial charge in [0.1, 0.15) is 22.0 Å². The maximum Gasteiger partial charge on any atom is 0.246 e. The highest BCUT2D eigenvalue weighted by Gasteiger charge is 2.31. The molecule has 166 valence electrons. The van der Waals surface area contributed by atoms with Crippen LogP contribution in [0.25, 0.3) is 11.1 Å². The van der Waals surface area contributed by atoms with Crippen molar-refractivity contribution in [2.75, 3.05) is 26.2 Å². The smallest absolute Gasteiger partial charge is 0.246 e. The minimum Gasteiger partial charge on any atom is -0.439 e. The summed E-state index contributed by atoms with van der Waals surface area (Å²) < 4.78 is 59.9. The Morgan fingerprint density at radius 3 is 2.42 bits per heavy atom. The number of sulfonamides is 1. The van der Waals surface area contributed by atoms with E-state index in [4.69, 9.17) is 4.42 Å². The summed E-state index contributed by atoms with van der Waals surface area (Å²) in [7, 11) is -4.10. The van der Waals surface area contributed by atoms with Crippen LogP contribution in [0.3, 0.4) is 0 Å². The number of hydrogen-bond acceptors (Lipinski definition) is 5. The third-order valence-corrected chi connectivity index (χ3v) is 7.41. The highest BCUT2D eigenvalue weighted by Crippen LogP contribution is 2.27. The van der Waals surface area contributed by atoms with Crippen LogP contribution < -0.4 is 0 Å². The predicted octanol–water partition coefficient (Wildman–Crippen LogP) is 3.91. The molecule has 9 heteroatoms. The van der Waals surface area contributed by atoms with Crippen molar-refractivity contribution in [2.24, 2.45) is 0 Å². The molecule has 0 atom stereocenters. The van der Waals surface area contributed by atoms with Crippen LogP contribution in [0.5, 0.6) is 0 Å². The second kappa shape index (κ2) is 7.96. The van der Waals surface area contributed by atoms with Crippen molar-refractivity contribution in [1.82, 2.24) is 14.2 Å². The first-order valence-corrected chi connectivity index (χ1v) is 11.6. The summed E-state index contributed by atoms with van der Waals surface area (Å²) in [5.41, 5.74) is 2.69. The molecule has 0 spiro atoms. The molecule has 31 heavy (non-hydrogen) atoms. The summed E-state index contributed by atoms with van der Waals surface area (Å²) in [6.07, 6.45) is 0. The van der Waals surface area contributed by atoms with Crippen LogP contribution in [-0.4, -0.2) is 48.8 Å². The van der Waals surface area contributed by atoms with E-state index in [0.717, 1.165) is 23.7 Å². The molecule has 1 aliphatic rings. The summed E-state index contributed by atoms with van der Waals surface area (Å²) in [5, 5.41) is 0. The second-order valence-electron chi connectivity index (χ2n) is 8.80. The summed E-state index contributed by atoms with van der Waals surface area (Å²) in [4.78, 5) is 5.99. The zero-order chi connectivity index (χ0) is 22.4. The lowest BCUT2D eigenvalue weighted by Crippen LogP contribution is -2.48. The van der Waals surface area contributed by atoms with Gasteiger partial charge in [-0.3, -0.25) is 4.90 Å². The first-order chi connectivity index (χ1) is 14.5. The Morgan fingerprint density at radius 1 is 1.03 bits per heavy atom. The molecule has 0 amide bonds. The number of benzene rings is 2. The number of nitrogens with zero attached hydrogens (tertiary/aromatic N) is 3. The van der Waals surface area contributed by atoms with E-state index in [1.807, 2.05) is 23.1 Å². The Labute approximate surface area is 180 Å². The van der Waals surface area contributed by atoms with Gasteiger partial charge in [0.25, 0.3) is 0 Å². The van der Waals surface area contributed by atoms with E-state index in [0.29, 0.717) is 31.1 Å². The SMILES string of the molecule is CC(C)(C)c1ccc2oc(CN3CCN(S(=O)(=O)c4cc(F)ccc4F)CC3)nc2c1. The molecule has 6 nitrogen and oxygen atoms in total. The highest BCUT2D eigenvalue weighted by molar-refractivity contribution is 7.89. The average molecular weight is 450 g/mol. The molecular formula is C22H25F2N3O3S. The van der Waals surface area contributed by atoms with Gasteiger partial charge in [0.2, 0.25) is 15.9 Å². The molecule has 0 N–H and O–H groups in total. The number of fused-ring (bicyclic) bond motifs is 1. The minimum absolute atomic E-state index is 0.0102. The van der Waals surface area contributed by atoms with Crippen molar-refractivity contribution in [1.29, 1.82) is 0 Å². The fraction of sp³-hybridized carbons (Fsp3) is 0.409. The molecule has 1 aromatic heterocycles. The Kier molecular flexibility index (Phi) is 5.61. The topological polar surface area (TPSA) is 66.7 Å². The first-order valence-electron chi connectivity index (χ1n) is 10.1. The summed E-state index contributed by atoms with van der Waals surface area (Å²) in [5.74, 6) is -1.18. The lowest BCUT2D eigenvalue weighted by atomic mass is 9.87. The minimum atomic E-state index is -4.10. The predicted molar refractivity (Wildman–Crippen MR) is 113 cm³/mol. The Bertz CT molecular complexity index is 1210. The lowest BCUT2D eigenvalue weighted by molar-refractivity contribution is 0.169. The van der Waals surface area contributed by atoms with E-state index in [2.05, 4.69) is 25.8 Å². The van der Waals surface area contributed by atoms with Gasteiger partial charge < -0.3 is 4.42 Å². The molecule has 3 aromatic rings. The average Bonchev–Trinajstić information content (AvgIpc) is 3.11. The standard InChI is InChI=1S/C22H25F2N3O3S/c1-22(2,3)15-4-7-19-18(12-15)25-21(30-19)14-26-8-10-27(11-9-26)31(28,29)20-13-16(23)5-6-17(20)24/h4-7,12-13H,8-11,14H2,1-3H3. The van der Waals surface area contributed by atoms with Crippen LogP contribution in [0, 0.1) is 11.6 Å². The maximum absolute atomic E-state index is 14.0. The van der Waals surface area contributed by atoms with E-state index in [-0.39, 0.29) is 18.5 Å². The van der Waals surface area contributed by atoms with Gasteiger partial charge in [-0.1, -0.05) is 26.8 Å². The van der Waals surface area contributed by atoms with E-state index >= 15 is 0 Å². The first kappa shape index (κ1) is 21.9. The van der Waals surface area contributed by atoms with Gasteiger partial charge in [0.05, 0.1) is 6.54 Å². The normalized spacial score (nSPS) is 16.8. The number of aromatic nitrogens is 1. The zero-order valence-electron chi connectivity index (χ0n) is 17.7. The van der Waals surface area contributed by atoms with Crippen molar-refractivity contribution in [3.8, 4) is 0 Å². The van der Waals surface area contributed by atoms with Crippen LogP contribution in [0.4, 0.5) is 8.78 Å². The van der Waals surface area contributed by atoms with E-state index in [1.165, 1.54) is 9.87 Å². The molecule has 0 unspecified atom stereocenters. The molecule has 1 saturated heterocycles. The Morgan fingerprint density at radius 2 is 1.74 bits per heavy atom.